The topological polar surface area (TPSA) is 40.5 Å². The predicted octanol–water partition coefficient (Wildman–Crippen LogP) is 4.17. The summed E-state index contributed by atoms with van der Waals surface area (Å²) in [7, 11) is 1.70. The van der Waals surface area contributed by atoms with Crippen molar-refractivity contribution in [2.45, 2.75) is 26.8 Å². The summed E-state index contributed by atoms with van der Waals surface area (Å²) in [6.45, 7) is 5.59. The van der Waals surface area contributed by atoms with Crippen LogP contribution in [-0.2, 0) is 11.3 Å². The number of hydrogen-bond donors (Lipinski definition) is 0. The van der Waals surface area contributed by atoms with Gasteiger partial charge in [-0.1, -0.05) is 12.1 Å². The predicted molar refractivity (Wildman–Crippen MR) is 94.4 cm³/mol. The smallest absolute Gasteiger partial charge is 0.202 e. The summed E-state index contributed by atoms with van der Waals surface area (Å²) in [5.74, 6) is 0.668. The largest absolute Gasteiger partial charge is 0.484 e. The number of para-hydroxylation sites is 1. The lowest BCUT2D eigenvalue weighted by Crippen LogP contribution is -2.13. The highest BCUT2D eigenvalue weighted by Gasteiger charge is 2.16. The summed E-state index contributed by atoms with van der Waals surface area (Å²) in [4.78, 5) is 12.5. The fourth-order valence-corrected chi connectivity index (χ4v) is 2.98. The molecule has 5 heteroatoms. The van der Waals surface area contributed by atoms with Gasteiger partial charge in [-0.05, 0) is 54.4 Å². The van der Waals surface area contributed by atoms with Crippen molar-refractivity contribution in [2.24, 2.45) is 0 Å². The molecular formula is C18H22BrNO3. The van der Waals surface area contributed by atoms with E-state index in [1.165, 1.54) is 0 Å². The number of benzene rings is 1. The summed E-state index contributed by atoms with van der Waals surface area (Å²) in [5.41, 5.74) is 2.80. The van der Waals surface area contributed by atoms with Crippen molar-refractivity contribution in [3.05, 3.63) is 51.8 Å². The molecule has 0 saturated carbocycles. The van der Waals surface area contributed by atoms with Gasteiger partial charge >= 0.3 is 0 Å². The van der Waals surface area contributed by atoms with Gasteiger partial charge in [0.15, 0.2) is 6.61 Å². The molecule has 0 fully saturated rings. The Morgan fingerprint density at radius 1 is 1.26 bits per heavy atom. The summed E-state index contributed by atoms with van der Waals surface area (Å²) < 4.78 is 13.7. The molecule has 0 atom stereocenters. The molecule has 23 heavy (non-hydrogen) atoms. The number of halogens is 1. The Bertz CT molecular complexity index is 679. The molecule has 0 bridgehead atoms. The molecule has 0 aliphatic heterocycles. The zero-order valence-electron chi connectivity index (χ0n) is 13.8. The first-order chi connectivity index (χ1) is 11.0. The van der Waals surface area contributed by atoms with E-state index >= 15 is 0 Å². The number of nitrogens with zero attached hydrogens (tertiary/aromatic N) is 1. The highest BCUT2D eigenvalue weighted by Crippen LogP contribution is 2.24. The average Bonchev–Trinajstić information content (AvgIpc) is 2.82. The molecule has 0 spiro atoms. The number of ether oxygens (including phenoxy) is 2. The van der Waals surface area contributed by atoms with Crippen LogP contribution in [0.2, 0.25) is 0 Å². The summed E-state index contributed by atoms with van der Waals surface area (Å²) in [5, 5.41) is 0. The number of carbonyl (C=O) groups is 1. The number of aryl methyl sites for hydroxylation is 1. The van der Waals surface area contributed by atoms with Crippen LogP contribution in [0.15, 0.2) is 34.8 Å². The molecule has 2 aromatic rings. The van der Waals surface area contributed by atoms with Crippen LogP contribution in [0.3, 0.4) is 0 Å². The lowest BCUT2D eigenvalue weighted by molar-refractivity contribution is 0.0920. The van der Waals surface area contributed by atoms with Crippen LogP contribution >= 0.6 is 15.9 Å². The molecule has 2 rings (SSSR count). The van der Waals surface area contributed by atoms with Gasteiger partial charge < -0.3 is 14.0 Å². The molecule has 0 aliphatic rings. The molecule has 0 N–H and O–H groups in total. The molecule has 4 nitrogen and oxygen atoms in total. The quantitative estimate of drug-likeness (QED) is 0.510. The Labute approximate surface area is 145 Å². The van der Waals surface area contributed by atoms with E-state index in [9.17, 15) is 4.79 Å². The molecule has 1 aromatic carbocycles. The van der Waals surface area contributed by atoms with Crippen molar-refractivity contribution >= 4 is 21.7 Å². The third-order valence-electron chi connectivity index (χ3n) is 3.80. The monoisotopic (exact) mass is 379 g/mol. The van der Waals surface area contributed by atoms with Crippen molar-refractivity contribution in [3.8, 4) is 5.75 Å². The normalized spacial score (nSPS) is 10.8. The fraction of sp³-hybridized carbons (Fsp3) is 0.389. The van der Waals surface area contributed by atoms with Gasteiger partial charge in [-0.3, -0.25) is 4.79 Å². The first-order valence-corrected chi connectivity index (χ1v) is 8.40. The second kappa shape index (κ2) is 8.31. The zero-order valence-corrected chi connectivity index (χ0v) is 15.4. The van der Waals surface area contributed by atoms with Crippen LogP contribution in [0.25, 0.3) is 0 Å². The number of methoxy groups -OCH3 is 1. The molecule has 124 valence electrons. The van der Waals surface area contributed by atoms with Gasteiger partial charge in [0.25, 0.3) is 0 Å². The number of aromatic nitrogens is 1. The number of rotatable bonds is 8. The molecule has 1 aromatic heterocycles. The minimum absolute atomic E-state index is 0.00755. The Morgan fingerprint density at radius 3 is 2.70 bits per heavy atom. The molecule has 1 heterocycles. The van der Waals surface area contributed by atoms with E-state index in [0.29, 0.717) is 12.4 Å². The maximum atomic E-state index is 12.5. The Hall–Kier alpha value is -1.59. The van der Waals surface area contributed by atoms with Gasteiger partial charge in [0.1, 0.15) is 5.75 Å². The first kappa shape index (κ1) is 17.8. The number of carbonyl (C=O) groups excluding carboxylic acids is 1. The van der Waals surface area contributed by atoms with Gasteiger partial charge in [0, 0.05) is 37.2 Å². The number of Topliss-reactive ketones (excluding diaryl/α,β-unsaturated/α-hetero) is 1. The average molecular weight is 380 g/mol. The molecule has 0 aliphatic carbocycles. The van der Waals surface area contributed by atoms with E-state index in [-0.39, 0.29) is 12.4 Å². The lowest BCUT2D eigenvalue weighted by atomic mass is 10.1. The van der Waals surface area contributed by atoms with Crippen molar-refractivity contribution in [2.75, 3.05) is 20.3 Å². The third-order valence-corrected chi connectivity index (χ3v) is 4.45. The van der Waals surface area contributed by atoms with Gasteiger partial charge in [-0.2, -0.15) is 0 Å². The molecule has 0 radical (unpaired) electrons. The second-order valence-corrected chi connectivity index (χ2v) is 6.28. The van der Waals surface area contributed by atoms with Crippen LogP contribution in [0.5, 0.6) is 5.75 Å². The standard InChI is InChI=1S/C18H22BrNO3/c1-13-11-15(14(2)20(13)9-6-10-22-3)17(21)12-23-18-8-5-4-7-16(18)19/h4-5,7-8,11H,6,9-10,12H2,1-3H3. The zero-order chi connectivity index (χ0) is 16.8. The lowest BCUT2D eigenvalue weighted by Gasteiger charge is -2.10. The van der Waals surface area contributed by atoms with E-state index < -0.39 is 0 Å². The Kier molecular flexibility index (Phi) is 6.42. The van der Waals surface area contributed by atoms with E-state index in [1.807, 2.05) is 44.2 Å². The highest BCUT2D eigenvalue weighted by molar-refractivity contribution is 9.10. The van der Waals surface area contributed by atoms with Gasteiger partial charge in [-0.25, -0.2) is 0 Å². The minimum Gasteiger partial charge on any atom is -0.484 e. The van der Waals surface area contributed by atoms with Crippen LogP contribution in [0.1, 0.15) is 28.2 Å². The maximum Gasteiger partial charge on any atom is 0.202 e. The van der Waals surface area contributed by atoms with Crippen molar-refractivity contribution < 1.29 is 14.3 Å². The molecular weight excluding hydrogens is 358 g/mol. The second-order valence-electron chi connectivity index (χ2n) is 5.43. The highest BCUT2D eigenvalue weighted by atomic mass is 79.9. The first-order valence-electron chi connectivity index (χ1n) is 7.60. The number of ketones is 1. The summed E-state index contributed by atoms with van der Waals surface area (Å²) in [6.07, 6.45) is 0.925. The van der Waals surface area contributed by atoms with E-state index in [0.717, 1.165) is 34.4 Å². The van der Waals surface area contributed by atoms with Crippen molar-refractivity contribution in [1.82, 2.24) is 4.57 Å². The van der Waals surface area contributed by atoms with Gasteiger partial charge in [0.05, 0.1) is 4.47 Å². The van der Waals surface area contributed by atoms with Crippen molar-refractivity contribution in [3.63, 3.8) is 0 Å². The number of hydrogen-bond acceptors (Lipinski definition) is 3. The Morgan fingerprint density at radius 2 is 2.00 bits per heavy atom. The molecule has 0 unspecified atom stereocenters. The van der Waals surface area contributed by atoms with E-state index in [1.54, 1.807) is 7.11 Å². The Balaban J connectivity index is 2.05. The third kappa shape index (κ3) is 4.45. The van der Waals surface area contributed by atoms with E-state index in [4.69, 9.17) is 9.47 Å². The molecule has 0 saturated heterocycles. The van der Waals surface area contributed by atoms with Gasteiger partial charge in [-0.15, -0.1) is 0 Å². The van der Waals surface area contributed by atoms with Crippen LogP contribution in [0, 0.1) is 13.8 Å². The molecule has 0 amide bonds. The van der Waals surface area contributed by atoms with E-state index in [2.05, 4.69) is 20.5 Å². The van der Waals surface area contributed by atoms with Crippen molar-refractivity contribution in [1.29, 1.82) is 0 Å². The fourth-order valence-electron chi connectivity index (χ4n) is 2.58. The van der Waals surface area contributed by atoms with Crippen LogP contribution in [-0.4, -0.2) is 30.7 Å². The maximum absolute atomic E-state index is 12.5. The summed E-state index contributed by atoms with van der Waals surface area (Å²) in [6, 6.07) is 9.46. The summed E-state index contributed by atoms with van der Waals surface area (Å²) >= 11 is 3.42. The minimum atomic E-state index is -0.00755. The van der Waals surface area contributed by atoms with Crippen LogP contribution < -0.4 is 4.74 Å². The van der Waals surface area contributed by atoms with Crippen LogP contribution in [0.4, 0.5) is 0 Å². The SMILES string of the molecule is COCCCn1c(C)cc(C(=O)COc2ccccc2Br)c1C. The van der Waals surface area contributed by atoms with Gasteiger partial charge in [0.2, 0.25) is 5.78 Å².